The first-order valence-electron chi connectivity index (χ1n) is 9.20. The highest BCUT2D eigenvalue weighted by Crippen LogP contribution is 2.31. The van der Waals surface area contributed by atoms with Crippen LogP contribution in [0.2, 0.25) is 0 Å². The third kappa shape index (κ3) is 4.62. The largest absolute Gasteiger partial charge is 0.324 e. The molecule has 6 nitrogen and oxygen atoms in total. The summed E-state index contributed by atoms with van der Waals surface area (Å²) in [5, 5.41) is 4.81. The molecule has 0 radical (unpaired) electrons. The lowest BCUT2D eigenvalue weighted by molar-refractivity contribution is -0.114. The van der Waals surface area contributed by atoms with Crippen molar-refractivity contribution in [3.05, 3.63) is 53.9 Å². The number of halogens is 2. The number of aromatic nitrogens is 1. The zero-order valence-electron chi connectivity index (χ0n) is 15.5. The van der Waals surface area contributed by atoms with E-state index in [0.29, 0.717) is 12.6 Å². The molecule has 0 bridgehead atoms. The molecular formula is C20H22F2N4O2. The van der Waals surface area contributed by atoms with E-state index in [2.05, 4.69) is 15.6 Å². The van der Waals surface area contributed by atoms with Crippen LogP contribution in [-0.4, -0.2) is 28.4 Å². The number of nitrogens with one attached hydrogen (secondary N) is 2. The Bertz CT molecular complexity index is 861. The van der Waals surface area contributed by atoms with Crippen molar-refractivity contribution < 1.29 is 18.4 Å². The highest BCUT2D eigenvalue weighted by atomic mass is 19.1. The van der Waals surface area contributed by atoms with Crippen molar-refractivity contribution in [2.45, 2.75) is 38.6 Å². The molecule has 2 aromatic rings. The van der Waals surface area contributed by atoms with E-state index in [0.717, 1.165) is 37.3 Å². The molecule has 2 N–H and O–H groups in total. The summed E-state index contributed by atoms with van der Waals surface area (Å²) >= 11 is 0. The number of urea groups is 1. The third-order valence-electron chi connectivity index (χ3n) is 4.71. The maximum absolute atomic E-state index is 14.2. The Balaban J connectivity index is 1.85. The maximum Gasteiger partial charge on any atom is 0.322 e. The standard InChI is InChI=1S/C20H22F2N4O2/c1-13(27)24-17-12-18(16(22)11-15(17)21)25-20(28)26-10-4-2-3-5-19(26)14-6-8-23-9-7-14/h6-9,11-12,19H,2-5,10H2,1H3,(H,24,27)(H,25,28)/t19-/m0/s1. The van der Waals surface area contributed by atoms with E-state index in [1.165, 1.54) is 6.92 Å². The Morgan fingerprint density at radius 2 is 1.71 bits per heavy atom. The van der Waals surface area contributed by atoms with E-state index in [9.17, 15) is 18.4 Å². The molecule has 1 aliphatic rings. The summed E-state index contributed by atoms with van der Waals surface area (Å²) in [4.78, 5) is 29.8. The van der Waals surface area contributed by atoms with E-state index in [-0.39, 0.29) is 17.4 Å². The summed E-state index contributed by atoms with van der Waals surface area (Å²) < 4.78 is 28.0. The van der Waals surface area contributed by atoms with Gasteiger partial charge in [-0.25, -0.2) is 13.6 Å². The van der Waals surface area contributed by atoms with Crippen LogP contribution in [0.15, 0.2) is 36.7 Å². The lowest BCUT2D eigenvalue weighted by Gasteiger charge is -2.30. The van der Waals surface area contributed by atoms with Crippen LogP contribution in [0.5, 0.6) is 0 Å². The second kappa shape index (κ2) is 8.77. The fraction of sp³-hybridized carbons (Fsp3) is 0.350. The molecule has 0 saturated carbocycles. The van der Waals surface area contributed by atoms with E-state index in [4.69, 9.17) is 0 Å². The minimum Gasteiger partial charge on any atom is -0.324 e. The molecule has 2 heterocycles. The second-order valence-corrected chi connectivity index (χ2v) is 6.76. The number of likely N-dealkylation sites (tertiary alicyclic amines) is 1. The van der Waals surface area contributed by atoms with Gasteiger partial charge >= 0.3 is 6.03 Å². The van der Waals surface area contributed by atoms with E-state index < -0.39 is 23.6 Å². The minimum atomic E-state index is -0.907. The van der Waals surface area contributed by atoms with Gasteiger partial charge < -0.3 is 15.5 Å². The predicted octanol–water partition coefficient (Wildman–Crippen LogP) is 4.47. The van der Waals surface area contributed by atoms with Crippen molar-refractivity contribution in [3.8, 4) is 0 Å². The van der Waals surface area contributed by atoms with Gasteiger partial charge in [-0.05, 0) is 36.6 Å². The Kier molecular flexibility index (Phi) is 6.18. The van der Waals surface area contributed by atoms with Crippen LogP contribution >= 0.6 is 0 Å². The van der Waals surface area contributed by atoms with Crippen LogP contribution in [0.25, 0.3) is 0 Å². The quantitative estimate of drug-likeness (QED) is 0.815. The molecule has 1 aromatic carbocycles. The zero-order valence-corrected chi connectivity index (χ0v) is 15.5. The molecule has 148 valence electrons. The maximum atomic E-state index is 14.2. The van der Waals surface area contributed by atoms with Crippen molar-refractivity contribution in [3.63, 3.8) is 0 Å². The number of hydrogen-bond acceptors (Lipinski definition) is 3. The van der Waals surface area contributed by atoms with Gasteiger partial charge in [0.15, 0.2) is 0 Å². The number of carbonyl (C=O) groups is 2. The fourth-order valence-corrected chi connectivity index (χ4v) is 3.40. The first-order valence-corrected chi connectivity index (χ1v) is 9.20. The van der Waals surface area contributed by atoms with E-state index in [1.807, 2.05) is 12.1 Å². The summed E-state index contributed by atoms with van der Waals surface area (Å²) in [7, 11) is 0. The molecule has 3 rings (SSSR count). The number of hydrogen-bond donors (Lipinski definition) is 2. The van der Waals surface area contributed by atoms with Gasteiger partial charge in [0.2, 0.25) is 5.91 Å². The Hall–Kier alpha value is -3.03. The lowest BCUT2D eigenvalue weighted by Crippen LogP contribution is -2.38. The predicted molar refractivity (Wildman–Crippen MR) is 102 cm³/mol. The molecule has 1 aliphatic heterocycles. The molecule has 1 fully saturated rings. The van der Waals surface area contributed by atoms with Crippen LogP contribution in [0.4, 0.5) is 25.0 Å². The Morgan fingerprint density at radius 3 is 2.39 bits per heavy atom. The Labute approximate surface area is 162 Å². The number of anilines is 2. The SMILES string of the molecule is CC(=O)Nc1cc(NC(=O)N2CCCCC[C@H]2c2ccncc2)c(F)cc1F. The molecule has 1 atom stereocenters. The molecule has 8 heteroatoms. The van der Waals surface area contributed by atoms with E-state index >= 15 is 0 Å². The van der Waals surface area contributed by atoms with Crippen LogP contribution in [0.1, 0.15) is 44.2 Å². The number of benzene rings is 1. The molecule has 0 unspecified atom stereocenters. The normalized spacial score (nSPS) is 17.0. The van der Waals surface area contributed by atoms with Crippen LogP contribution in [0, 0.1) is 11.6 Å². The molecule has 1 saturated heterocycles. The molecule has 1 aromatic heterocycles. The summed E-state index contributed by atoms with van der Waals surface area (Å²) in [6, 6.07) is 4.84. The smallest absolute Gasteiger partial charge is 0.322 e. The average molecular weight is 388 g/mol. The van der Waals surface area contributed by atoms with Crippen molar-refractivity contribution in [1.29, 1.82) is 0 Å². The number of nitrogens with zero attached hydrogens (tertiary/aromatic N) is 2. The van der Waals surface area contributed by atoms with Gasteiger partial charge in [0, 0.05) is 31.9 Å². The molecule has 28 heavy (non-hydrogen) atoms. The summed E-state index contributed by atoms with van der Waals surface area (Å²) in [5.74, 6) is -2.31. The van der Waals surface area contributed by atoms with Crippen molar-refractivity contribution >= 4 is 23.3 Å². The zero-order chi connectivity index (χ0) is 20.1. The molecular weight excluding hydrogens is 366 g/mol. The van der Waals surface area contributed by atoms with Crippen LogP contribution in [0.3, 0.4) is 0 Å². The topological polar surface area (TPSA) is 74.3 Å². The van der Waals surface area contributed by atoms with Crippen LogP contribution < -0.4 is 10.6 Å². The lowest BCUT2D eigenvalue weighted by atomic mass is 10.0. The van der Waals surface area contributed by atoms with Crippen molar-refractivity contribution in [2.24, 2.45) is 0 Å². The highest BCUT2D eigenvalue weighted by molar-refractivity contribution is 5.93. The number of pyridine rings is 1. The summed E-state index contributed by atoms with van der Waals surface area (Å²) in [5.41, 5.74) is 0.587. The number of carbonyl (C=O) groups excluding carboxylic acids is 2. The first kappa shape index (κ1) is 19.7. The van der Waals surface area contributed by atoms with Gasteiger partial charge in [0.25, 0.3) is 0 Å². The molecule has 0 spiro atoms. The summed E-state index contributed by atoms with van der Waals surface area (Å²) in [6.07, 6.45) is 6.97. The van der Waals surface area contributed by atoms with Gasteiger partial charge in [-0.2, -0.15) is 0 Å². The van der Waals surface area contributed by atoms with Gasteiger partial charge in [-0.1, -0.05) is 12.8 Å². The molecule has 3 amide bonds. The highest BCUT2D eigenvalue weighted by Gasteiger charge is 2.27. The monoisotopic (exact) mass is 388 g/mol. The number of rotatable bonds is 3. The van der Waals surface area contributed by atoms with Gasteiger partial charge in [0.05, 0.1) is 17.4 Å². The first-order chi connectivity index (χ1) is 13.5. The van der Waals surface area contributed by atoms with Crippen molar-refractivity contribution in [1.82, 2.24) is 9.88 Å². The van der Waals surface area contributed by atoms with Gasteiger partial charge in [0.1, 0.15) is 11.6 Å². The van der Waals surface area contributed by atoms with E-state index in [1.54, 1.807) is 17.3 Å². The number of amides is 3. The van der Waals surface area contributed by atoms with Gasteiger partial charge in [-0.3, -0.25) is 9.78 Å². The molecule has 0 aliphatic carbocycles. The minimum absolute atomic E-state index is 0.149. The van der Waals surface area contributed by atoms with Crippen LogP contribution in [-0.2, 0) is 4.79 Å². The van der Waals surface area contributed by atoms with Crippen molar-refractivity contribution in [2.75, 3.05) is 17.2 Å². The summed E-state index contributed by atoms with van der Waals surface area (Å²) in [6.45, 7) is 1.75. The second-order valence-electron chi connectivity index (χ2n) is 6.76. The Morgan fingerprint density at radius 1 is 1.04 bits per heavy atom. The average Bonchev–Trinajstić information content (AvgIpc) is 2.92. The third-order valence-corrected chi connectivity index (χ3v) is 4.71. The van der Waals surface area contributed by atoms with Gasteiger partial charge in [-0.15, -0.1) is 0 Å². The fourth-order valence-electron chi connectivity index (χ4n) is 3.40.